The summed E-state index contributed by atoms with van der Waals surface area (Å²) in [5, 5.41) is 13.4. The molecule has 0 fully saturated rings. The fourth-order valence-electron chi connectivity index (χ4n) is 2.81. The fraction of sp³-hybridized carbons (Fsp3) is 0.375. The Morgan fingerprint density at radius 1 is 1.16 bits per heavy atom. The Morgan fingerprint density at radius 2 is 1.89 bits per heavy atom. The average Bonchev–Trinajstić information content (AvgIpc) is 2.85. The van der Waals surface area contributed by atoms with Gasteiger partial charge in [0.05, 0.1) is 9.90 Å². The summed E-state index contributed by atoms with van der Waals surface area (Å²) in [7, 11) is 0. The average molecular weight is 293 g/mol. The van der Waals surface area contributed by atoms with E-state index in [0.717, 1.165) is 23.3 Å². The minimum atomic E-state index is -1.00. The summed E-state index contributed by atoms with van der Waals surface area (Å²) < 4.78 is 0. The van der Waals surface area contributed by atoms with Crippen LogP contribution in [0.3, 0.4) is 0 Å². The first-order valence-electron chi connectivity index (χ1n) is 6.67. The van der Waals surface area contributed by atoms with E-state index < -0.39 is 5.60 Å². The lowest BCUT2D eigenvalue weighted by molar-refractivity contribution is 0.106. The van der Waals surface area contributed by atoms with Crippen LogP contribution in [0.5, 0.6) is 0 Å². The summed E-state index contributed by atoms with van der Waals surface area (Å²) >= 11 is 7.67. The van der Waals surface area contributed by atoms with Crippen molar-refractivity contribution in [1.29, 1.82) is 0 Å². The van der Waals surface area contributed by atoms with Gasteiger partial charge in [0, 0.05) is 0 Å². The highest BCUT2D eigenvalue weighted by atomic mass is 35.5. The Bertz CT molecular complexity index is 601. The number of aryl methyl sites for hydroxylation is 2. The normalized spacial score (nSPS) is 17.8. The van der Waals surface area contributed by atoms with Crippen molar-refractivity contribution in [2.45, 2.75) is 38.2 Å². The zero-order valence-corrected chi connectivity index (χ0v) is 12.5. The standard InChI is InChI=1S/C16H17ClOS/c1-16(18,15-14(17)8-9-19-15)13-7-6-11-4-2-3-5-12(11)10-13/h6-10,18H,2-5H2,1H3. The number of hydrogen-bond donors (Lipinski definition) is 1. The Morgan fingerprint density at radius 3 is 2.58 bits per heavy atom. The lowest BCUT2D eigenvalue weighted by atomic mass is 9.86. The van der Waals surface area contributed by atoms with Gasteiger partial charge >= 0.3 is 0 Å². The molecule has 0 radical (unpaired) electrons. The third kappa shape index (κ3) is 2.33. The molecular weight excluding hydrogens is 276 g/mol. The van der Waals surface area contributed by atoms with Crippen LogP contribution >= 0.6 is 22.9 Å². The number of aliphatic hydroxyl groups is 1. The van der Waals surface area contributed by atoms with E-state index >= 15 is 0 Å². The molecule has 1 unspecified atom stereocenters. The third-order valence-electron chi connectivity index (χ3n) is 3.97. The summed E-state index contributed by atoms with van der Waals surface area (Å²) in [6, 6.07) is 8.21. The quantitative estimate of drug-likeness (QED) is 0.862. The number of fused-ring (bicyclic) bond motifs is 1. The van der Waals surface area contributed by atoms with E-state index in [2.05, 4.69) is 12.1 Å². The second kappa shape index (κ2) is 4.93. The van der Waals surface area contributed by atoms with Crippen LogP contribution in [0.2, 0.25) is 5.02 Å². The first kappa shape index (κ1) is 13.2. The molecule has 3 rings (SSSR count). The van der Waals surface area contributed by atoms with Gasteiger partial charge in [-0.2, -0.15) is 0 Å². The van der Waals surface area contributed by atoms with Crippen LogP contribution in [0.25, 0.3) is 0 Å². The minimum absolute atomic E-state index is 0.646. The number of hydrogen-bond acceptors (Lipinski definition) is 2. The van der Waals surface area contributed by atoms with Crippen molar-refractivity contribution >= 4 is 22.9 Å². The van der Waals surface area contributed by atoms with E-state index in [1.807, 2.05) is 24.4 Å². The maximum atomic E-state index is 10.9. The molecule has 100 valence electrons. The molecule has 1 atom stereocenters. The zero-order valence-electron chi connectivity index (χ0n) is 10.9. The van der Waals surface area contributed by atoms with Gasteiger partial charge in [-0.05, 0) is 60.7 Å². The molecular formula is C16H17ClOS. The SMILES string of the molecule is CC(O)(c1ccc2c(c1)CCCC2)c1sccc1Cl. The van der Waals surface area contributed by atoms with Gasteiger partial charge in [-0.3, -0.25) is 0 Å². The van der Waals surface area contributed by atoms with Gasteiger partial charge < -0.3 is 5.11 Å². The molecule has 0 saturated heterocycles. The van der Waals surface area contributed by atoms with Crippen LogP contribution in [-0.4, -0.2) is 5.11 Å². The van der Waals surface area contributed by atoms with Gasteiger partial charge in [0.25, 0.3) is 0 Å². The van der Waals surface area contributed by atoms with Crippen LogP contribution in [0.15, 0.2) is 29.6 Å². The molecule has 3 heteroatoms. The molecule has 0 amide bonds. The van der Waals surface area contributed by atoms with Crippen molar-refractivity contribution in [1.82, 2.24) is 0 Å². The van der Waals surface area contributed by atoms with E-state index in [4.69, 9.17) is 11.6 Å². The van der Waals surface area contributed by atoms with Crippen LogP contribution in [0.1, 0.15) is 41.3 Å². The lowest BCUT2D eigenvalue weighted by Gasteiger charge is -2.26. The number of rotatable bonds is 2. The summed E-state index contributed by atoms with van der Waals surface area (Å²) in [5.74, 6) is 0. The Kier molecular flexibility index (Phi) is 3.42. The molecule has 1 heterocycles. The van der Waals surface area contributed by atoms with Crippen LogP contribution < -0.4 is 0 Å². The molecule has 19 heavy (non-hydrogen) atoms. The van der Waals surface area contributed by atoms with Crippen molar-refractivity contribution < 1.29 is 5.11 Å². The van der Waals surface area contributed by atoms with E-state index in [-0.39, 0.29) is 0 Å². The summed E-state index contributed by atoms with van der Waals surface area (Å²) in [6.07, 6.45) is 4.81. The molecule has 1 aromatic carbocycles. The second-order valence-corrected chi connectivity index (χ2v) is 6.68. The number of thiophene rings is 1. The molecule has 1 aliphatic rings. The van der Waals surface area contributed by atoms with Crippen LogP contribution in [-0.2, 0) is 18.4 Å². The maximum Gasteiger partial charge on any atom is 0.122 e. The van der Waals surface area contributed by atoms with Crippen LogP contribution in [0, 0.1) is 0 Å². The van der Waals surface area contributed by atoms with Crippen LogP contribution in [0.4, 0.5) is 0 Å². The summed E-state index contributed by atoms with van der Waals surface area (Å²) in [4.78, 5) is 0.824. The molecule has 0 spiro atoms. The van der Waals surface area contributed by atoms with Crippen molar-refractivity contribution in [3.63, 3.8) is 0 Å². The Balaban J connectivity index is 2.04. The zero-order chi connectivity index (χ0) is 13.5. The second-order valence-electron chi connectivity index (χ2n) is 5.36. The summed E-state index contributed by atoms with van der Waals surface area (Å²) in [6.45, 7) is 1.83. The van der Waals surface area contributed by atoms with Gasteiger partial charge in [-0.25, -0.2) is 0 Å². The monoisotopic (exact) mass is 292 g/mol. The van der Waals surface area contributed by atoms with Gasteiger partial charge in [-0.1, -0.05) is 29.8 Å². The first-order chi connectivity index (χ1) is 9.09. The smallest absolute Gasteiger partial charge is 0.122 e. The highest BCUT2D eigenvalue weighted by Gasteiger charge is 2.30. The topological polar surface area (TPSA) is 20.2 Å². The van der Waals surface area contributed by atoms with Crippen molar-refractivity contribution in [2.24, 2.45) is 0 Å². The molecule has 0 bridgehead atoms. The lowest BCUT2D eigenvalue weighted by Crippen LogP contribution is -2.22. The van der Waals surface area contributed by atoms with E-state index in [1.165, 1.54) is 35.3 Å². The summed E-state index contributed by atoms with van der Waals surface area (Å²) in [5.41, 5.74) is 2.76. The number of halogens is 1. The Hall–Kier alpha value is -0.830. The van der Waals surface area contributed by atoms with E-state index in [9.17, 15) is 5.11 Å². The maximum absolute atomic E-state index is 10.9. The molecule has 1 aliphatic carbocycles. The van der Waals surface area contributed by atoms with Gasteiger partial charge in [0.2, 0.25) is 0 Å². The predicted octanol–water partition coefficient (Wildman–Crippen LogP) is 4.54. The first-order valence-corrected chi connectivity index (χ1v) is 7.93. The van der Waals surface area contributed by atoms with E-state index in [1.54, 1.807) is 0 Å². The molecule has 1 N–H and O–H groups in total. The molecule has 0 saturated carbocycles. The molecule has 2 aromatic rings. The number of benzene rings is 1. The highest BCUT2D eigenvalue weighted by Crippen LogP contribution is 2.38. The predicted molar refractivity (Wildman–Crippen MR) is 81.1 cm³/mol. The fourth-order valence-corrected chi connectivity index (χ4v) is 4.13. The molecule has 1 nitrogen and oxygen atoms in total. The molecule has 0 aliphatic heterocycles. The van der Waals surface area contributed by atoms with Gasteiger partial charge in [0.1, 0.15) is 5.60 Å². The van der Waals surface area contributed by atoms with Gasteiger partial charge in [-0.15, -0.1) is 11.3 Å². The van der Waals surface area contributed by atoms with Gasteiger partial charge in [0.15, 0.2) is 0 Å². The third-order valence-corrected chi connectivity index (χ3v) is 5.52. The molecule has 1 aromatic heterocycles. The minimum Gasteiger partial charge on any atom is -0.380 e. The van der Waals surface area contributed by atoms with Crippen molar-refractivity contribution in [3.8, 4) is 0 Å². The van der Waals surface area contributed by atoms with Crippen molar-refractivity contribution in [3.05, 3.63) is 56.2 Å². The highest BCUT2D eigenvalue weighted by molar-refractivity contribution is 7.10. The van der Waals surface area contributed by atoms with Crippen molar-refractivity contribution in [2.75, 3.05) is 0 Å². The largest absolute Gasteiger partial charge is 0.380 e. The Labute approximate surface area is 122 Å². The van der Waals surface area contributed by atoms with E-state index in [0.29, 0.717) is 5.02 Å².